The summed E-state index contributed by atoms with van der Waals surface area (Å²) in [6, 6.07) is -0.188. The fourth-order valence-electron chi connectivity index (χ4n) is 3.83. The van der Waals surface area contributed by atoms with Crippen molar-refractivity contribution >= 4 is 35.2 Å². The first-order valence-corrected chi connectivity index (χ1v) is 11.9. The number of nitrogens with zero attached hydrogens (tertiary/aromatic N) is 2. The largest absolute Gasteiger partial charge is 0.476 e. The van der Waals surface area contributed by atoms with Crippen LogP contribution in [-0.4, -0.2) is 63.2 Å². The molecule has 1 amide bonds. The lowest BCUT2D eigenvalue weighted by atomic mass is 9.62. The Balaban J connectivity index is 1.52. The minimum absolute atomic E-state index is 0.00332. The van der Waals surface area contributed by atoms with Gasteiger partial charge in [0, 0.05) is 17.7 Å². The number of aliphatic hydroxyl groups is 1. The Hall–Kier alpha value is -1.58. The van der Waals surface area contributed by atoms with Crippen molar-refractivity contribution in [3.05, 3.63) is 23.2 Å². The summed E-state index contributed by atoms with van der Waals surface area (Å²) < 4.78 is 5.86. The molecule has 2 atom stereocenters. The van der Waals surface area contributed by atoms with Crippen molar-refractivity contribution < 1.29 is 24.5 Å². The van der Waals surface area contributed by atoms with Crippen molar-refractivity contribution in [1.29, 1.82) is 0 Å². The number of thiazole rings is 1. The van der Waals surface area contributed by atoms with Crippen LogP contribution in [0.5, 0.6) is 0 Å². The summed E-state index contributed by atoms with van der Waals surface area (Å²) in [4.78, 5) is 28.7. The van der Waals surface area contributed by atoms with E-state index >= 15 is 0 Å². The van der Waals surface area contributed by atoms with Crippen LogP contribution >= 0.6 is 23.1 Å². The molecule has 2 fully saturated rings. The van der Waals surface area contributed by atoms with E-state index in [1.54, 1.807) is 4.90 Å². The van der Waals surface area contributed by atoms with Gasteiger partial charge < -0.3 is 14.9 Å². The second-order valence-corrected chi connectivity index (χ2v) is 9.84. The highest BCUT2D eigenvalue weighted by atomic mass is 32.2. The first-order chi connectivity index (χ1) is 13.9. The molecule has 1 aliphatic heterocycles. The Morgan fingerprint density at radius 3 is 2.97 bits per heavy atom. The van der Waals surface area contributed by atoms with Gasteiger partial charge in [-0.05, 0) is 24.7 Å². The molecule has 1 aromatic rings. The van der Waals surface area contributed by atoms with E-state index in [4.69, 9.17) is 9.84 Å². The highest BCUT2D eigenvalue weighted by Crippen LogP contribution is 2.48. The number of aromatic carboxylic acids is 1. The van der Waals surface area contributed by atoms with Crippen LogP contribution in [0.1, 0.15) is 55.9 Å². The van der Waals surface area contributed by atoms with E-state index in [2.05, 4.69) is 11.9 Å². The van der Waals surface area contributed by atoms with Gasteiger partial charge in [-0.15, -0.1) is 11.3 Å². The summed E-state index contributed by atoms with van der Waals surface area (Å²) >= 11 is 2.70. The van der Waals surface area contributed by atoms with E-state index in [1.165, 1.54) is 34.9 Å². The number of amides is 1. The molecule has 2 aliphatic rings. The van der Waals surface area contributed by atoms with Crippen LogP contribution in [0, 0.1) is 5.41 Å². The minimum Gasteiger partial charge on any atom is -0.476 e. The number of aliphatic hydroxyl groups excluding tert-OH is 1. The van der Waals surface area contributed by atoms with Crippen LogP contribution in [0.25, 0.3) is 0 Å². The average Bonchev–Trinajstić information content (AvgIpc) is 3.27. The van der Waals surface area contributed by atoms with Crippen LogP contribution in [0.3, 0.4) is 0 Å². The standard InChI is InChI=1S/C20H28N2O5S2/c1-2-3-7-20(8-4-9-20)16(23)6-5-14-12-27-19(26)22(14)10-11-28-18-21-15(13-29-18)17(24)25/h5-6,13-14,16,23H,2-4,7-12H2,1H3,(H,24,25)/t14-,16+/m0/s1. The van der Waals surface area contributed by atoms with E-state index in [0.717, 1.165) is 32.1 Å². The summed E-state index contributed by atoms with van der Waals surface area (Å²) in [6.45, 7) is 2.92. The van der Waals surface area contributed by atoms with Gasteiger partial charge in [-0.25, -0.2) is 14.6 Å². The fourth-order valence-corrected chi connectivity index (χ4v) is 5.63. The molecule has 1 aromatic heterocycles. The molecule has 0 spiro atoms. The summed E-state index contributed by atoms with van der Waals surface area (Å²) in [7, 11) is 0. The van der Waals surface area contributed by atoms with Gasteiger partial charge in [0.15, 0.2) is 10.0 Å². The molecule has 0 aromatic carbocycles. The molecular formula is C20H28N2O5S2. The van der Waals surface area contributed by atoms with Crippen molar-refractivity contribution in [2.75, 3.05) is 18.9 Å². The summed E-state index contributed by atoms with van der Waals surface area (Å²) in [6.07, 6.45) is 9.49. The van der Waals surface area contributed by atoms with Gasteiger partial charge >= 0.3 is 12.1 Å². The smallest absolute Gasteiger partial charge is 0.410 e. The molecule has 7 nitrogen and oxygen atoms in total. The molecule has 0 radical (unpaired) electrons. The molecule has 160 valence electrons. The van der Waals surface area contributed by atoms with Crippen LogP contribution in [0.4, 0.5) is 4.79 Å². The van der Waals surface area contributed by atoms with Crippen molar-refractivity contribution in [2.24, 2.45) is 5.41 Å². The number of rotatable bonds is 11. The van der Waals surface area contributed by atoms with Gasteiger partial charge in [-0.3, -0.25) is 4.90 Å². The maximum Gasteiger partial charge on any atom is 0.410 e. The molecule has 2 N–H and O–H groups in total. The molecular weight excluding hydrogens is 412 g/mol. The number of hydrogen-bond donors (Lipinski definition) is 2. The topological polar surface area (TPSA) is 100.0 Å². The molecule has 0 bridgehead atoms. The third kappa shape index (κ3) is 5.32. The van der Waals surface area contributed by atoms with Gasteiger partial charge in [0.2, 0.25) is 0 Å². The predicted octanol–water partition coefficient (Wildman–Crippen LogP) is 4.03. The zero-order chi connectivity index (χ0) is 20.9. The van der Waals surface area contributed by atoms with Crippen molar-refractivity contribution in [3.8, 4) is 0 Å². The number of carbonyl (C=O) groups excluding carboxylic acids is 1. The highest BCUT2D eigenvalue weighted by Gasteiger charge is 2.41. The minimum atomic E-state index is -1.04. The molecule has 1 saturated carbocycles. The molecule has 1 saturated heterocycles. The maximum atomic E-state index is 12.1. The molecule has 9 heteroatoms. The number of aromatic nitrogens is 1. The Bertz CT molecular complexity index is 747. The molecule has 2 heterocycles. The average molecular weight is 441 g/mol. The Morgan fingerprint density at radius 2 is 2.34 bits per heavy atom. The summed E-state index contributed by atoms with van der Waals surface area (Å²) in [5, 5.41) is 21.2. The number of carbonyl (C=O) groups is 2. The van der Waals surface area contributed by atoms with Gasteiger partial charge in [0.1, 0.15) is 6.61 Å². The van der Waals surface area contributed by atoms with Gasteiger partial charge in [-0.2, -0.15) is 0 Å². The lowest BCUT2D eigenvalue weighted by Crippen LogP contribution is -2.41. The maximum absolute atomic E-state index is 12.1. The highest BCUT2D eigenvalue weighted by molar-refractivity contribution is 8.01. The van der Waals surface area contributed by atoms with E-state index < -0.39 is 12.1 Å². The van der Waals surface area contributed by atoms with E-state index in [0.29, 0.717) is 16.6 Å². The van der Waals surface area contributed by atoms with Gasteiger partial charge in [0.25, 0.3) is 0 Å². The predicted molar refractivity (Wildman–Crippen MR) is 113 cm³/mol. The van der Waals surface area contributed by atoms with Crippen LogP contribution in [0.2, 0.25) is 0 Å². The number of cyclic esters (lactones) is 1. The molecule has 0 unspecified atom stereocenters. The van der Waals surface area contributed by atoms with Crippen molar-refractivity contribution in [3.63, 3.8) is 0 Å². The molecule has 29 heavy (non-hydrogen) atoms. The number of carboxylic acids is 1. The zero-order valence-electron chi connectivity index (χ0n) is 16.6. The number of ether oxygens (including phenoxy) is 1. The Morgan fingerprint density at radius 1 is 1.55 bits per heavy atom. The van der Waals surface area contributed by atoms with Crippen LogP contribution in [-0.2, 0) is 4.74 Å². The van der Waals surface area contributed by atoms with Crippen molar-refractivity contribution in [1.82, 2.24) is 9.88 Å². The molecule has 1 aliphatic carbocycles. The SMILES string of the molecule is CCCCC1([C@H](O)C=C[C@H]2COC(=O)N2CCSc2nc(C(=O)O)cs2)CCC1. The third-order valence-corrected chi connectivity index (χ3v) is 7.79. The van der Waals surface area contributed by atoms with Crippen molar-refractivity contribution in [2.45, 2.75) is 61.9 Å². The Labute approximate surface area is 179 Å². The first kappa shape index (κ1) is 22.1. The third-order valence-electron chi connectivity index (χ3n) is 5.79. The van der Waals surface area contributed by atoms with Gasteiger partial charge in [-0.1, -0.05) is 50.1 Å². The summed E-state index contributed by atoms with van der Waals surface area (Å²) in [5.74, 6) is -0.446. The van der Waals surface area contributed by atoms with E-state index in [1.807, 2.05) is 12.2 Å². The molecule has 3 rings (SSSR count). The monoisotopic (exact) mass is 440 g/mol. The van der Waals surface area contributed by atoms with Crippen LogP contribution in [0.15, 0.2) is 21.9 Å². The number of hydrogen-bond acceptors (Lipinski definition) is 7. The zero-order valence-corrected chi connectivity index (χ0v) is 18.2. The lowest BCUT2D eigenvalue weighted by Gasteiger charge is -2.45. The van der Waals surface area contributed by atoms with Gasteiger partial charge in [0.05, 0.1) is 12.1 Å². The fraction of sp³-hybridized carbons (Fsp3) is 0.650. The first-order valence-electron chi connectivity index (χ1n) is 10.1. The van der Waals surface area contributed by atoms with Crippen LogP contribution < -0.4 is 0 Å². The second kappa shape index (κ2) is 9.95. The second-order valence-electron chi connectivity index (χ2n) is 7.64. The number of unbranched alkanes of at least 4 members (excludes halogenated alkanes) is 1. The lowest BCUT2D eigenvalue weighted by molar-refractivity contribution is -0.0142. The number of carboxylic acid groups (broad SMARTS) is 1. The summed E-state index contributed by atoms with van der Waals surface area (Å²) in [5.41, 5.74) is 0.0458. The Kier molecular flexibility index (Phi) is 7.59. The normalized spacial score (nSPS) is 21.9. The van der Waals surface area contributed by atoms with E-state index in [-0.39, 0.29) is 29.9 Å². The van der Waals surface area contributed by atoms with E-state index in [9.17, 15) is 14.7 Å². The quantitative estimate of drug-likeness (QED) is 0.396. The number of thioether (sulfide) groups is 1.